The fraction of sp³-hybridized carbons (Fsp3) is 0.235. The second-order valence-electron chi connectivity index (χ2n) is 5.20. The molecule has 0 aliphatic heterocycles. The van der Waals surface area contributed by atoms with Gasteiger partial charge in [0.05, 0.1) is 12.3 Å². The number of aromatic nitrogens is 3. The number of benzene rings is 1. The van der Waals surface area contributed by atoms with E-state index >= 15 is 0 Å². The van der Waals surface area contributed by atoms with Crippen LogP contribution >= 0.6 is 15.9 Å². The summed E-state index contributed by atoms with van der Waals surface area (Å²) in [6, 6.07) is 7.93. The third kappa shape index (κ3) is 2.75. The van der Waals surface area contributed by atoms with Gasteiger partial charge in [-0.2, -0.15) is 9.61 Å². The predicted molar refractivity (Wildman–Crippen MR) is 95.9 cm³/mol. The van der Waals surface area contributed by atoms with Crippen molar-refractivity contribution in [1.29, 1.82) is 0 Å². The maximum atomic E-state index is 12.0. The molecule has 0 saturated heterocycles. The zero-order valence-electron chi connectivity index (χ0n) is 13.4. The average Bonchev–Trinajstić information content (AvgIpc) is 2.95. The van der Waals surface area contributed by atoms with Gasteiger partial charge in [-0.25, -0.2) is 9.78 Å². The molecule has 2 heterocycles. The SMILES string of the molecule is CCOC(=O)c1cnc2c(-c3ccc(Br)cc3)c(CC)nn2c1N. The van der Waals surface area contributed by atoms with Crippen molar-refractivity contribution in [2.75, 3.05) is 12.3 Å². The van der Waals surface area contributed by atoms with Crippen molar-refractivity contribution in [3.63, 3.8) is 0 Å². The molecule has 0 aliphatic carbocycles. The molecule has 0 radical (unpaired) electrons. The number of nitrogens with two attached hydrogens (primary N) is 1. The third-order valence-electron chi connectivity index (χ3n) is 3.72. The summed E-state index contributed by atoms with van der Waals surface area (Å²) in [4.78, 5) is 16.4. The summed E-state index contributed by atoms with van der Waals surface area (Å²) in [5.74, 6) is -0.264. The Morgan fingerprint density at radius 2 is 2.00 bits per heavy atom. The molecule has 0 saturated carbocycles. The number of carbonyl (C=O) groups excluding carboxylic acids is 1. The molecule has 3 rings (SSSR count). The van der Waals surface area contributed by atoms with E-state index in [0.717, 1.165) is 27.7 Å². The van der Waals surface area contributed by atoms with Gasteiger partial charge in [0.25, 0.3) is 0 Å². The molecule has 1 aromatic carbocycles. The van der Waals surface area contributed by atoms with Crippen molar-refractivity contribution < 1.29 is 9.53 Å². The van der Waals surface area contributed by atoms with E-state index in [4.69, 9.17) is 10.5 Å². The number of esters is 1. The lowest BCUT2D eigenvalue weighted by Crippen LogP contribution is -2.12. The van der Waals surface area contributed by atoms with E-state index in [1.165, 1.54) is 10.7 Å². The quantitative estimate of drug-likeness (QED) is 0.691. The van der Waals surface area contributed by atoms with Crippen molar-refractivity contribution >= 4 is 33.4 Å². The minimum absolute atomic E-state index is 0.219. The number of rotatable bonds is 4. The minimum Gasteiger partial charge on any atom is -0.462 e. The molecule has 0 spiro atoms. The predicted octanol–water partition coefficient (Wildman–Crippen LogP) is 3.48. The molecule has 0 bridgehead atoms. The number of nitrogens with zero attached hydrogens (tertiary/aromatic N) is 3. The Kier molecular flexibility index (Phi) is 4.53. The highest BCUT2D eigenvalue weighted by molar-refractivity contribution is 9.10. The summed E-state index contributed by atoms with van der Waals surface area (Å²) in [6.07, 6.45) is 2.18. The number of fused-ring (bicyclic) bond motifs is 1. The first kappa shape index (κ1) is 16.4. The van der Waals surface area contributed by atoms with Crippen LogP contribution in [-0.4, -0.2) is 27.2 Å². The van der Waals surface area contributed by atoms with Crippen molar-refractivity contribution in [3.8, 4) is 11.1 Å². The molecular weight excluding hydrogens is 372 g/mol. The molecule has 2 aromatic heterocycles. The van der Waals surface area contributed by atoms with Crippen molar-refractivity contribution in [2.24, 2.45) is 0 Å². The van der Waals surface area contributed by atoms with Crippen LogP contribution in [0.4, 0.5) is 5.82 Å². The standard InChI is InChI=1S/C17H17BrN4O2/c1-3-13-14(10-5-7-11(18)8-6-10)16-20-9-12(17(23)24-4-2)15(19)22(16)21-13/h5-9H,3-4,19H2,1-2H3. The summed E-state index contributed by atoms with van der Waals surface area (Å²) in [5.41, 5.74) is 9.78. The van der Waals surface area contributed by atoms with Gasteiger partial charge in [-0.05, 0) is 31.0 Å². The molecule has 7 heteroatoms. The zero-order chi connectivity index (χ0) is 17.3. The van der Waals surface area contributed by atoms with Gasteiger partial charge in [0.15, 0.2) is 5.65 Å². The topological polar surface area (TPSA) is 82.5 Å². The van der Waals surface area contributed by atoms with Gasteiger partial charge in [0, 0.05) is 16.2 Å². The minimum atomic E-state index is -0.497. The fourth-order valence-electron chi connectivity index (χ4n) is 2.57. The molecule has 124 valence electrons. The Balaban J connectivity index is 2.22. The highest BCUT2D eigenvalue weighted by Crippen LogP contribution is 2.30. The molecule has 0 amide bonds. The Morgan fingerprint density at radius 3 is 2.62 bits per heavy atom. The lowest BCUT2D eigenvalue weighted by molar-refractivity contribution is 0.0526. The largest absolute Gasteiger partial charge is 0.462 e. The second kappa shape index (κ2) is 6.60. The van der Waals surface area contributed by atoms with Crippen molar-refractivity contribution in [1.82, 2.24) is 14.6 Å². The number of hydrogen-bond acceptors (Lipinski definition) is 5. The number of ether oxygens (including phenoxy) is 1. The number of halogens is 1. The first-order chi connectivity index (χ1) is 11.6. The van der Waals surface area contributed by atoms with E-state index in [1.807, 2.05) is 31.2 Å². The average molecular weight is 389 g/mol. The summed E-state index contributed by atoms with van der Waals surface area (Å²) < 4.78 is 7.53. The molecule has 24 heavy (non-hydrogen) atoms. The molecule has 0 atom stereocenters. The molecule has 0 unspecified atom stereocenters. The normalized spacial score (nSPS) is 11.0. The third-order valence-corrected chi connectivity index (χ3v) is 4.25. The number of hydrogen-bond donors (Lipinski definition) is 1. The summed E-state index contributed by atoms with van der Waals surface area (Å²) in [7, 11) is 0. The van der Waals surface area contributed by atoms with Gasteiger partial charge in [0.1, 0.15) is 11.4 Å². The second-order valence-corrected chi connectivity index (χ2v) is 6.11. The first-order valence-corrected chi connectivity index (χ1v) is 8.45. The van der Waals surface area contributed by atoms with E-state index in [2.05, 4.69) is 26.0 Å². The monoisotopic (exact) mass is 388 g/mol. The molecule has 3 aromatic rings. The Morgan fingerprint density at radius 1 is 1.29 bits per heavy atom. The van der Waals surface area contributed by atoms with Crippen LogP contribution in [0.3, 0.4) is 0 Å². The molecule has 2 N–H and O–H groups in total. The van der Waals surface area contributed by atoms with Gasteiger partial charge in [-0.15, -0.1) is 0 Å². The van der Waals surface area contributed by atoms with Crippen molar-refractivity contribution in [3.05, 3.63) is 46.2 Å². The summed E-state index contributed by atoms with van der Waals surface area (Å²) in [5, 5.41) is 4.54. The van der Waals surface area contributed by atoms with Gasteiger partial charge in [0.2, 0.25) is 0 Å². The van der Waals surface area contributed by atoms with Crippen LogP contribution in [0, 0.1) is 0 Å². The first-order valence-electron chi connectivity index (χ1n) is 7.66. The fourth-order valence-corrected chi connectivity index (χ4v) is 2.84. The number of anilines is 1. The molecule has 6 nitrogen and oxygen atoms in total. The van der Waals surface area contributed by atoms with E-state index in [-0.39, 0.29) is 18.0 Å². The Hall–Kier alpha value is -2.41. The summed E-state index contributed by atoms with van der Waals surface area (Å²) in [6.45, 7) is 4.04. The van der Waals surface area contributed by atoms with E-state index in [9.17, 15) is 4.79 Å². The van der Waals surface area contributed by atoms with Gasteiger partial charge >= 0.3 is 5.97 Å². The highest BCUT2D eigenvalue weighted by atomic mass is 79.9. The van der Waals surface area contributed by atoms with Crippen LogP contribution in [0.1, 0.15) is 29.9 Å². The lowest BCUT2D eigenvalue weighted by atomic mass is 10.0. The Labute approximate surface area is 147 Å². The molecular formula is C17H17BrN4O2. The summed E-state index contributed by atoms with van der Waals surface area (Å²) >= 11 is 3.44. The van der Waals surface area contributed by atoms with Crippen LogP contribution in [0.5, 0.6) is 0 Å². The number of aryl methyl sites for hydroxylation is 1. The molecule has 0 fully saturated rings. The van der Waals surface area contributed by atoms with E-state index < -0.39 is 5.97 Å². The van der Waals surface area contributed by atoms with Crippen LogP contribution in [0.25, 0.3) is 16.8 Å². The molecule has 0 aliphatic rings. The number of nitrogen functional groups attached to an aromatic ring is 1. The van der Waals surface area contributed by atoms with Crippen LogP contribution in [0.15, 0.2) is 34.9 Å². The van der Waals surface area contributed by atoms with Gasteiger partial charge in [-0.1, -0.05) is 35.0 Å². The van der Waals surface area contributed by atoms with Crippen LogP contribution in [0.2, 0.25) is 0 Å². The maximum Gasteiger partial charge on any atom is 0.343 e. The van der Waals surface area contributed by atoms with E-state index in [0.29, 0.717) is 5.65 Å². The van der Waals surface area contributed by atoms with Crippen molar-refractivity contribution in [2.45, 2.75) is 20.3 Å². The lowest BCUT2D eigenvalue weighted by Gasteiger charge is -2.07. The van der Waals surface area contributed by atoms with Crippen LogP contribution in [-0.2, 0) is 11.2 Å². The number of carbonyl (C=O) groups is 1. The Bertz CT molecular complexity index is 903. The zero-order valence-corrected chi connectivity index (χ0v) is 15.0. The highest BCUT2D eigenvalue weighted by Gasteiger charge is 2.20. The smallest absolute Gasteiger partial charge is 0.343 e. The maximum absolute atomic E-state index is 12.0. The van der Waals surface area contributed by atoms with Gasteiger partial charge in [-0.3, -0.25) is 0 Å². The van der Waals surface area contributed by atoms with Crippen LogP contribution < -0.4 is 5.73 Å². The van der Waals surface area contributed by atoms with E-state index in [1.54, 1.807) is 6.92 Å². The van der Waals surface area contributed by atoms with Gasteiger partial charge < -0.3 is 10.5 Å².